The first-order chi connectivity index (χ1) is 20.1. The van der Waals surface area contributed by atoms with Crippen molar-refractivity contribution in [2.45, 2.75) is 26.0 Å². The third-order valence-electron chi connectivity index (χ3n) is 8.27. The number of rotatable bonds is 3. The molecule has 0 aromatic heterocycles. The highest BCUT2D eigenvalue weighted by Gasteiger charge is 2.44. The SMILES string of the molecule is COc1c2c(c(O)c3c1C(=O)c1c(cc(O)c(C)c1O)C3=O)-c1c(cc3c(c1O)C(=O)OC3Nc1ccccc1)CC2. The predicted molar refractivity (Wildman–Crippen MR) is 149 cm³/mol. The van der Waals surface area contributed by atoms with Gasteiger partial charge in [0.2, 0.25) is 12.0 Å². The van der Waals surface area contributed by atoms with Crippen LogP contribution in [0.3, 0.4) is 0 Å². The molecule has 1 atom stereocenters. The highest BCUT2D eigenvalue weighted by molar-refractivity contribution is 6.32. The predicted octanol–water partition coefficient (Wildman–Crippen LogP) is 4.65. The van der Waals surface area contributed by atoms with Gasteiger partial charge in [0.1, 0.15) is 34.3 Å². The lowest BCUT2D eigenvalue weighted by Gasteiger charge is -2.30. The van der Waals surface area contributed by atoms with Crippen molar-refractivity contribution in [3.63, 3.8) is 0 Å². The average molecular weight is 566 g/mol. The molecule has 0 saturated heterocycles. The van der Waals surface area contributed by atoms with E-state index in [0.717, 1.165) is 6.07 Å². The van der Waals surface area contributed by atoms with E-state index in [1.807, 2.05) is 30.3 Å². The number of aryl methyl sites for hydroxylation is 1. The molecule has 1 aliphatic heterocycles. The van der Waals surface area contributed by atoms with Crippen molar-refractivity contribution in [2.75, 3.05) is 12.4 Å². The zero-order valence-electron chi connectivity index (χ0n) is 22.4. The highest BCUT2D eigenvalue weighted by atomic mass is 16.6. The largest absolute Gasteiger partial charge is 0.508 e. The first kappa shape index (κ1) is 25.5. The lowest BCUT2D eigenvalue weighted by atomic mass is 9.75. The Balaban J connectivity index is 1.46. The van der Waals surface area contributed by atoms with Crippen LogP contribution in [0.25, 0.3) is 11.1 Å². The first-order valence-corrected chi connectivity index (χ1v) is 13.2. The summed E-state index contributed by atoms with van der Waals surface area (Å²) in [6.07, 6.45) is -0.245. The molecule has 3 aliphatic rings. The second kappa shape index (κ2) is 8.74. The number of ether oxygens (including phenoxy) is 2. The molecule has 4 aromatic rings. The molecule has 0 radical (unpaired) electrons. The third-order valence-corrected chi connectivity index (χ3v) is 8.27. The number of aromatic hydroxyl groups is 4. The molecule has 10 heteroatoms. The summed E-state index contributed by atoms with van der Waals surface area (Å²) < 4.78 is 11.2. The number of fused-ring (bicyclic) bond motifs is 6. The van der Waals surface area contributed by atoms with E-state index < -0.39 is 46.8 Å². The zero-order valence-corrected chi connectivity index (χ0v) is 22.4. The van der Waals surface area contributed by atoms with Crippen LogP contribution in [0.15, 0.2) is 42.5 Å². The van der Waals surface area contributed by atoms with E-state index in [1.165, 1.54) is 14.0 Å². The minimum Gasteiger partial charge on any atom is -0.508 e. The number of anilines is 1. The van der Waals surface area contributed by atoms with Gasteiger partial charge in [-0.05, 0) is 49.6 Å². The summed E-state index contributed by atoms with van der Waals surface area (Å²) in [4.78, 5) is 40.5. The first-order valence-electron chi connectivity index (χ1n) is 13.2. The smallest absolute Gasteiger partial charge is 0.344 e. The fourth-order valence-corrected chi connectivity index (χ4v) is 6.28. The van der Waals surface area contributed by atoms with Gasteiger partial charge in [0, 0.05) is 39.1 Å². The van der Waals surface area contributed by atoms with Crippen LogP contribution in [0.1, 0.15) is 70.7 Å². The van der Waals surface area contributed by atoms with Gasteiger partial charge in [0.15, 0.2) is 5.78 Å². The van der Waals surface area contributed by atoms with Crippen LogP contribution in [-0.4, -0.2) is 45.1 Å². The van der Waals surface area contributed by atoms with Gasteiger partial charge >= 0.3 is 5.97 Å². The third kappa shape index (κ3) is 3.23. The summed E-state index contributed by atoms with van der Waals surface area (Å²) in [5, 5.41) is 47.3. The fraction of sp³-hybridized carbons (Fsp3) is 0.156. The summed E-state index contributed by atoms with van der Waals surface area (Å²) in [5.74, 6) is -4.25. The van der Waals surface area contributed by atoms with Crippen molar-refractivity contribution in [1.82, 2.24) is 0 Å². The summed E-state index contributed by atoms with van der Waals surface area (Å²) in [6, 6.07) is 11.9. The van der Waals surface area contributed by atoms with Crippen molar-refractivity contribution < 1.29 is 44.3 Å². The summed E-state index contributed by atoms with van der Waals surface area (Å²) >= 11 is 0. The number of ketones is 2. The molecule has 0 saturated carbocycles. The van der Waals surface area contributed by atoms with Gasteiger partial charge in [-0.25, -0.2) is 4.79 Å². The van der Waals surface area contributed by atoms with Crippen LogP contribution in [0, 0.1) is 6.92 Å². The number of nitrogens with one attached hydrogen (secondary N) is 1. The summed E-state index contributed by atoms with van der Waals surface area (Å²) in [6.45, 7) is 1.41. The fourth-order valence-electron chi connectivity index (χ4n) is 6.28. The van der Waals surface area contributed by atoms with Crippen molar-refractivity contribution in [1.29, 1.82) is 0 Å². The number of para-hydroxylation sites is 1. The quantitative estimate of drug-likeness (QED) is 0.195. The Morgan fingerprint density at radius 2 is 1.52 bits per heavy atom. The van der Waals surface area contributed by atoms with Crippen LogP contribution in [0.2, 0.25) is 0 Å². The Morgan fingerprint density at radius 3 is 2.24 bits per heavy atom. The van der Waals surface area contributed by atoms with Crippen LogP contribution < -0.4 is 10.1 Å². The molecule has 0 bridgehead atoms. The summed E-state index contributed by atoms with van der Waals surface area (Å²) in [5.41, 5.74) is 1.04. The Hall–Kier alpha value is -5.51. The topological polar surface area (TPSA) is 163 Å². The molecule has 4 aromatic carbocycles. The number of cyclic esters (lactones) is 1. The molecular formula is C32H23NO9. The van der Waals surface area contributed by atoms with Crippen LogP contribution in [0.5, 0.6) is 28.7 Å². The second-order valence-electron chi connectivity index (χ2n) is 10.5. The Labute approximate surface area is 238 Å². The molecular weight excluding hydrogens is 542 g/mol. The monoisotopic (exact) mass is 565 g/mol. The van der Waals surface area contributed by atoms with E-state index in [4.69, 9.17) is 9.47 Å². The van der Waals surface area contributed by atoms with E-state index >= 15 is 0 Å². The van der Waals surface area contributed by atoms with Gasteiger partial charge in [-0.2, -0.15) is 0 Å². The number of hydrogen-bond acceptors (Lipinski definition) is 10. The van der Waals surface area contributed by atoms with Crippen molar-refractivity contribution in [3.05, 3.63) is 92.5 Å². The maximum atomic E-state index is 13.8. The van der Waals surface area contributed by atoms with Crippen LogP contribution >= 0.6 is 0 Å². The molecule has 0 amide bonds. The number of phenolic OH excluding ortho intramolecular Hbond substituents is 4. The second-order valence-corrected chi connectivity index (χ2v) is 10.5. The lowest BCUT2D eigenvalue weighted by molar-refractivity contribution is 0.0435. The molecule has 5 N–H and O–H groups in total. The van der Waals surface area contributed by atoms with Crippen molar-refractivity contribution >= 4 is 23.2 Å². The van der Waals surface area contributed by atoms with E-state index in [0.29, 0.717) is 28.8 Å². The average Bonchev–Trinajstić information content (AvgIpc) is 3.29. The maximum Gasteiger partial charge on any atom is 0.344 e. The number of carbonyl (C=O) groups is 3. The van der Waals surface area contributed by atoms with Crippen molar-refractivity contribution in [2.24, 2.45) is 0 Å². The number of esters is 1. The van der Waals surface area contributed by atoms with Gasteiger partial charge in [0.25, 0.3) is 0 Å². The number of carbonyl (C=O) groups excluding carboxylic acids is 3. The van der Waals surface area contributed by atoms with Gasteiger partial charge < -0.3 is 35.2 Å². The molecule has 1 unspecified atom stereocenters. The van der Waals surface area contributed by atoms with Crippen molar-refractivity contribution in [3.8, 4) is 39.9 Å². The van der Waals surface area contributed by atoms with Gasteiger partial charge in [-0.1, -0.05) is 18.2 Å². The van der Waals surface area contributed by atoms with Gasteiger partial charge in [-0.15, -0.1) is 0 Å². The number of benzene rings is 4. The molecule has 2 aliphatic carbocycles. The van der Waals surface area contributed by atoms with E-state index in [2.05, 4.69) is 5.32 Å². The Bertz CT molecular complexity index is 1930. The van der Waals surface area contributed by atoms with Crippen LogP contribution in [-0.2, 0) is 17.6 Å². The molecule has 10 nitrogen and oxygen atoms in total. The molecule has 0 spiro atoms. The molecule has 1 heterocycles. The maximum absolute atomic E-state index is 13.8. The number of methoxy groups -OCH3 is 1. The zero-order chi connectivity index (χ0) is 29.6. The minimum atomic E-state index is -0.862. The number of phenols is 4. The summed E-state index contributed by atoms with van der Waals surface area (Å²) in [7, 11) is 1.32. The standard InChI is InChI=1S/C32H23NO9/c1-12-18(34)11-16-21(25(12)35)29(39)24-23(26(16)36)28(38)20-15(30(24)41-2)9-8-13-10-17-22(27(37)19(13)20)32(40)42-31(17)33-14-6-4-3-5-7-14/h3-7,10-11,31,33-35,37-38H,8-9H2,1-2H3. The van der Waals surface area contributed by atoms with Crippen LogP contribution in [0.4, 0.5) is 5.69 Å². The Morgan fingerprint density at radius 1 is 0.810 bits per heavy atom. The molecule has 0 fully saturated rings. The van der Waals surface area contributed by atoms with Gasteiger partial charge in [-0.3, -0.25) is 9.59 Å². The van der Waals surface area contributed by atoms with Gasteiger partial charge in [0.05, 0.1) is 23.8 Å². The molecule has 7 rings (SSSR count). The number of hydrogen-bond donors (Lipinski definition) is 5. The van der Waals surface area contributed by atoms with E-state index in [1.54, 1.807) is 6.07 Å². The normalized spacial score (nSPS) is 16.1. The Kier molecular flexibility index (Phi) is 5.30. The minimum absolute atomic E-state index is 0.0173. The molecule has 42 heavy (non-hydrogen) atoms. The lowest BCUT2D eigenvalue weighted by Crippen LogP contribution is -2.24. The van der Waals surface area contributed by atoms with E-state index in [9.17, 15) is 34.8 Å². The highest BCUT2D eigenvalue weighted by Crippen LogP contribution is 2.55. The molecule has 210 valence electrons. The van der Waals surface area contributed by atoms with E-state index in [-0.39, 0.29) is 56.7 Å².